The van der Waals surface area contributed by atoms with Crippen LogP contribution in [0, 0.1) is 0 Å². The number of halogens is 1. The minimum Gasteiger partial charge on any atom is -0.497 e. The number of ether oxygens (including phenoxy) is 1. The molecule has 2 amide bonds. The molecular weight excluding hydrogens is 396 g/mol. The molecule has 0 N–H and O–H groups in total. The van der Waals surface area contributed by atoms with Gasteiger partial charge in [-0.3, -0.25) is 4.90 Å². The van der Waals surface area contributed by atoms with Crippen LogP contribution in [0.5, 0.6) is 5.75 Å². The molecule has 0 saturated heterocycles. The highest BCUT2D eigenvalue weighted by atomic mass is 79.9. The molecular formula is C16H15BrN2O4S. The monoisotopic (exact) mass is 410 g/mol. The number of methoxy groups -OCH3 is 1. The molecule has 2 aromatic rings. The first-order valence-corrected chi connectivity index (χ1v) is 9.44. The average Bonchev–Trinajstić information content (AvgIpc) is 2.56. The van der Waals surface area contributed by atoms with Crippen LogP contribution in [0.2, 0.25) is 0 Å². The highest BCUT2D eigenvalue weighted by molar-refractivity contribution is 9.10. The van der Waals surface area contributed by atoms with E-state index in [1.807, 2.05) is 0 Å². The lowest BCUT2D eigenvalue weighted by Gasteiger charge is -2.35. The molecule has 126 valence electrons. The summed E-state index contributed by atoms with van der Waals surface area (Å²) < 4.78 is 32.8. The fourth-order valence-corrected chi connectivity index (χ4v) is 4.44. The molecule has 1 aliphatic heterocycles. The van der Waals surface area contributed by atoms with Crippen LogP contribution in [0.3, 0.4) is 0 Å². The lowest BCUT2D eigenvalue weighted by Crippen LogP contribution is -2.51. The lowest BCUT2D eigenvalue weighted by atomic mass is 10.2. The van der Waals surface area contributed by atoms with E-state index in [1.165, 1.54) is 18.1 Å². The Morgan fingerprint density at radius 3 is 2.38 bits per heavy atom. The Labute approximate surface area is 148 Å². The maximum absolute atomic E-state index is 13.0. The molecule has 0 radical (unpaired) electrons. The second-order valence-electron chi connectivity index (χ2n) is 5.11. The third kappa shape index (κ3) is 2.55. The van der Waals surface area contributed by atoms with Gasteiger partial charge in [-0.15, -0.1) is 0 Å². The third-order valence-corrected chi connectivity index (χ3v) is 6.03. The summed E-state index contributed by atoms with van der Waals surface area (Å²) in [5.41, 5.74) is 0.623. The number of urea groups is 1. The van der Waals surface area contributed by atoms with E-state index in [9.17, 15) is 13.2 Å². The number of amides is 2. The fraction of sp³-hybridized carbons (Fsp3) is 0.188. The summed E-state index contributed by atoms with van der Waals surface area (Å²) >= 11 is 3.30. The van der Waals surface area contributed by atoms with Crippen LogP contribution in [0.15, 0.2) is 51.8 Å². The number of sulfonamides is 1. The summed E-state index contributed by atoms with van der Waals surface area (Å²) in [7, 11) is -2.50. The summed E-state index contributed by atoms with van der Waals surface area (Å²) in [5.74, 6) is 0.493. The first kappa shape index (κ1) is 16.8. The van der Waals surface area contributed by atoms with Crippen LogP contribution < -0.4 is 13.9 Å². The third-order valence-electron chi connectivity index (χ3n) is 3.76. The molecule has 0 atom stereocenters. The fourth-order valence-electron chi connectivity index (χ4n) is 2.60. The Morgan fingerprint density at radius 1 is 1.12 bits per heavy atom. The Morgan fingerprint density at radius 2 is 1.79 bits per heavy atom. The van der Waals surface area contributed by atoms with Gasteiger partial charge in [-0.25, -0.2) is 13.2 Å². The van der Waals surface area contributed by atoms with E-state index in [0.29, 0.717) is 23.7 Å². The normalized spacial score (nSPS) is 16.0. The van der Waals surface area contributed by atoms with Gasteiger partial charge in [0.2, 0.25) is 0 Å². The average molecular weight is 411 g/mol. The molecule has 1 aliphatic rings. The SMILES string of the molecule is CCN1C(=O)N(c2ccc(Br)cc2)S(=O)(=O)c2ccc(OC)cc21. The number of hydrogen-bond acceptors (Lipinski definition) is 4. The highest BCUT2D eigenvalue weighted by Crippen LogP contribution is 2.39. The Hall–Kier alpha value is -2.06. The van der Waals surface area contributed by atoms with E-state index in [2.05, 4.69) is 15.9 Å². The second kappa shape index (κ2) is 6.10. The second-order valence-corrected chi connectivity index (χ2v) is 7.78. The van der Waals surface area contributed by atoms with Crippen LogP contribution in [0.1, 0.15) is 6.92 Å². The molecule has 0 spiro atoms. The quantitative estimate of drug-likeness (QED) is 0.774. The van der Waals surface area contributed by atoms with Crippen molar-refractivity contribution in [1.82, 2.24) is 0 Å². The summed E-state index contributed by atoms with van der Waals surface area (Å²) in [4.78, 5) is 14.3. The molecule has 0 fully saturated rings. The van der Waals surface area contributed by atoms with Gasteiger partial charge in [-0.2, -0.15) is 4.31 Å². The zero-order chi connectivity index (χ0) is 17.5. The van der Waals surface area contributed by atoms with Crippen molar-refractivity contribution >= 4 is 43.4 Å². The van der Waals surface area contributed by atoms with Gasteiger partial charge in [0, 0.05) is 17.1 Å². The Bertz CT molecular complexity index is 897. The number of rotatable bonds is 3. The van der Waals surface area contributed by atoms with Crippen molar-refractivity contribution in [3.63, 3.8) is 0 Å². The van der Waals surface area contributed by atoms with E-state index in [0.717, 1.165) is 8.78 Å². The molecule has 0 bridgehead atoms. The molecule has 0 unspecified atom stereocenters. The predicted octanol–water partition coefficient (Wildman–Crippen LogP) is 3.61. The number of nitrogens with zero attached hydrogens (tertiary/aromatic N) is 2. The zero-order valence-electron chi connectivity index (χ0n) is 13.1. The predicted molar refractivity (Wildman–Crippen MR) is 95.2 cm³/mol. The summed E-state index contributed by atoms with van der Waals surface area (Å²) in [6, 6.07) is 10.5. The van der Waals surface area contributed by atoms with Gasteiger partial charge in [-0.05, 0) is 43.3 Å². The molecule has 2 aromatic carbocycles. The molecule has 6 nitrogen and oxygen atoms in total. The summed E-state index contributed by atoms with van der Waals surface area (Å²) in [5, 5.41) is 0. The number of carbonyl (C=O) groups excluding carboxylic acids is 1. The van der Waals surface area contributed by atoms with Crippen molar-refractivity contribution in [3.05, 3.63) is 46.9 Å². The van der Waals surface area contributed by atoms with Crippen LogP contribution in [0.25, 0.3) is 0 Å². The van der Waals surface area contributed by atoms with E-state index in [1.54, 1.807) is 43.3 Å². The smallest absolute Gasteiger partial charge is 0.343 e. The largest absolute Gasteiger partial charge is 0.497 e. The Kier molecular flexibility index (Phi) is 4.27. The molecule has 1 heterocycles. The molecule has 24 heavy (non-hydrogen) atoms. The molecule has 0 saturated carbocycles. The maximum atomic E-state index is 13.0. The highest BCUT2D eigenvalue weighted by Gasteiger charge is 2.42. The number of benzene rings is 2. The van der Waals surface area contributed by atoms with Gasteiger partial charge >= 0.3 is 6.03 Å². The van der Waals surface area contributed by atoms with E-state index in [4.69, 9.17) is 4.74 Å². The van der Waals surface area contributed by atoms with Crippen molar-refractivity contribution in [2.75, 3.05) is 22.9 Å². The van der Waals surface area contributed by atoms with E-state index in [-0.39, 0.29) is 4.90 Å². The number of carbonyl (C=O) groups is 1. The van der Waals surface area contributed by atoms with Crippen molar-refractivity contribution < 1.29 is 17.9 Å². The van der Waals surface area contributed by atoms with Crippen molar-refractivity contribution in [3.8, 4) is 5.75 Å². The Balaban J connectivity index is 2.23. The number of fused-ring (bicyclic) bond motifs is 1. The van der Waals surface area contributed by atoms with Gasteiger partial charge in [-0.1, -0.05) is 15.9 Å². The first-order valence-electron chi connectivity index (χ1n) is 7.20. The van der Waals surface area contributed by atoms with Gasteiger partial charge in [0.25, 0.3) is 10.0 Å². The minimum atomic E-state index is -3.99. The van der Waals surface area contributed by atoms with Gasteiger partial charge < -0.3 is 4.74 Å². The van der Waals surface area contributed by atoms with Crippen LogP contribution >= 0.6 is 15.9 Å². The zero-order valence-corrected chi connectivity index (χ0v) is 15.5. The summed E-state index contributed by atoms with van der Waals surface area (Å²) in [6.07, 6.45) is 0. The van der Waals surface area contributed by atoms with Gasteiger partial charge in [0.1, 0.15) is 10.6 Å². The van der Waals surface area contributed by atoms with Crippen molar-refractivity contribution in [2.45, 2.75) is 11.8 Å². The standard InChI is InChI=1S/C16H15BrN2O4S/c1-3-18-14-10-13(23-2)8-9-15(14)24(21,22)19(16(18)20)12-6-4-11(17)5-7-12/h4-10H,3H2,1-2H3. The van der Waals surface area contributed by atoms with Gasteiger partial charge in [0.05, 0.1) is 18.5 Å². The lowest BCUT2D eigenvalue weighted by molar-refractivity contribution is 0.254. The number of anilines is 2. The maximum Gasteiger partial charge on any atom is 0.343 e. The van der Waals surface area contributed by atoms with Crippen LogP contribution in [-0.2, 0) is 10.0 Å². The van der Waals surface area contributed by atoms with E-state index < -0.39 is 16.1 Å². The molecule has 0 aromatic heterocycles. The van der Waals surface area contributed by atoms with Crippen LogP contribution in [0.4, 0.5) is 16.2 Å². The topological polar surface area (TPSA) is 66.9 Å². The molecule has 3 rings (SSSR count). The van der Waals surface area contributed by atoms with Crippen molar-refractivity contribution in [1.29, 1.82) is 0 Å². The van der Waals surface area contributed by atoms with Crippen LogP contribution in [-0.4, -0.2) is 28.1 Å². The van der Waals surface area contributed by atoms with Crippen molar-refractivity contribution in [2.24, 2.45) is 0 Å². The number of hydrogen-bond donors (Lipinski definition) is 0. The molecule has 0 aliphatic carbocycles. The minimum absolute atomic E-state index is 0.0765. The summed E-state index contributed by atoms with van der Waals surface area (Å²) in [6.45, 7) is 2.13. The van der Waals surface area contributed by atoms with Gasteiger partial charge in [0.15, 0.2) is 0 Å². The molecule has 8 heteroatoms. The first-order chi connectivity index (χ1) is 11.4. The van der Waals surface area contributed by atoms with E-state index >= 15 is 0 Å².